The first-order chi connectivity index (χ1) is 12.1. The van der Waals surface area contributed by atoms with Crippen LogP contribution in [-0.2, 0) is 18.3 Å². The summed E-state index contributed by atoms with van der Waals surface area (Å²) in [6.07, 6.45) is 3.40. The van der Waals surface area contributed by atoms with Crippen molar-refractivity contribution in [3.05, 3.63) is 12.8 Å². The van der Waals surface area contributed by atoms with E-state index in [1.165, 1.54) is 6.26 Å². The van der Waals surface area contributed by atoms with Crippen molar-refractivity contribution >= 4 is 16.6 Å². The van der Waals surface area contributed by atoms with Crippen LogP contribution in [-0.4, -0.2) is 49.2 Å². The molecular formula is C21H46O4Si2. The van der Waals surface area contributed by atoms with Gasteiger partial charge in [-0.15, -0.1) is 0 Å². The van der Waals surface area contributed by atoms with Crippen LogP contribution >= 0.6 is 0 Å². The molecule has 4 nitrogen and oxygen atoms in total. The smallest absolute Gasteiger partial charge is 0.192 e. The highest BCUT2D eigenvalue weighted by molar-refractivity contribution is 6.74. The molecule has 0 aliphatic heterocycles. The third-order valence-corrected chi connectivity index (χ3v) is 15.0. The Bertz CT molecular complexity index is 393. The molecule has 6 heteroatoms. The third-order valence-electron chi connectivity index (χ3n) is 6.00. The molecule has 0 fully saturated rings. The maximum absolute atomic E-state index is 6.41. The van der Waals surface area contributed by atoms with Crippen molar-refractivity contribution in [3.63, 3.8) is 0 Å². The van der Waals surface area contributed by atoms with E-state index in [0.717, 1.165) is 12.8 Å². The van der Waals surface area contributed by atoms with Crippen molar-refractivity contribution in [1.82, 2.24) is 0 Å². The second-order valence-corrected chi connectivity index (χ2v) is 20.0. The van der Waals surface area contributed by atoms with Crippen LogP contribution in [0.5, 0.6) is 0 Å². The normalized spacial score (nSPS) is 13.9. The van der Waals surface area contributed by atoms with Gasteiger partial charge in [0.15, 0.2) is 16.6 Å². The SMILES string of the molecule is C=COCCCCOC(CO[Si](C)(C)C(C)(C)C)CO[Si](C)(C)C(C)(C)C. The summed E-state index contributed by atoms with van der Waals surface area (Å²) in [6, 6.07) is 0. The summed E-state index contributed by atoms with van der Waals surface area (Å²) in [4.78, 5) is 0. The summed E-state index contributed by atoms with van der Waals surface area (Å²) >= 11 is 0. The Balaban J connectivity index is 4.73. The minimum Gasteiger partial charge on any atom is -0.502 e. The van der Waals surface area contributed by atoms with Gasteiger partial charge in [-0.2, -0.15) is 0 Å². The van der Waals surface area contributed by atoms with Crippen molar-refractivity contribution in [2.24, 2.45) is 0 Å². The molecule has 0 aromatic rings. The first-order valence-corrected chi connectivity index (χ1v) is 16.1. The first kappa shape index (κ1) is 26.9. The quantitative estimate of drug-likeness (QED) is 0.198. The van der Waals surface area contributed by atoms with Crippen molar-refractivity contribution in [1.29, 1.82) is 0 Å². The van der Waals surface area contributed by atoms with E-state index in [1.807, 2.05) is 0 Å². The van der Waals surface area contributed by atoms with Gasteiger partial charge >= 0.3 is 0 Å². The van der Waals surface area contributed by atoms with Gasteiger partial charge in [0.2, 0.25) is 0 Å². The summed E-state index contributed by atoms with van der Waals surface area (Å²) in [5, 5.41) is 0.389. The van der Waals surface area contributed by atoms with E-state index in [4.69, 9.17) is 18.3 Å². The molecule has 0 rings (SSSR count). The zero-order valence-electron chi connectivity index (χ0n) is 19.7. The molecule has 27 heavy (non-hydrogen) atoms. The van der Waals surface area contributed by atoms with Crippen LogP contribution in [0.2, 0.25) is 36.3 Å². The lowest BCUT2D eigenvalue weighted by molar-refractivity contribution is -0.0155. The van der Waals surface area contributed by atoms with Gasteiger partial charge in [0.05, 0.1) is 26.1 Å². The van der Waals surface area contributed by atoms with E-state index in [9.17, 15) is 0 Å². The summed E-state index contributed by atoms with van der Waals surface area (Å²) in [5.74, 6) is 0. The van der Waals surface area contributed by atoms with Crippen molar-refractivity contribution in [2.75, 3.05) is 26.4 Å². The molecule has 0 N–H and O–H groups in total. The summed E-state index contributed by atoms with van der Waals surface area (Å²) in [5.41, 5.74) is 0. The zero-order valence-corrected chi connectivity index (χ0v) is 21.7. The summed E-state index contributed by atoms with van der Waals surface area (Å²) < 4.78 is 24.1. The minimum atomic E-state index is -1.80. The van der Waals surface area contributed by atoms with E-state index in [-0.39, 0.29) is 16.2 Å². The Morgan fingerprint density at radius 2 is 1.19 bits per heavy atom. The average Bonchev–Trinajstić information content (AvgIpc) is 2.50. The van der Waals surface area contributed by atoms with Gasteiger partial charge in [-0.3, -0.25) is 0 Å². The predicted octanol–water partition coefficient (Wildman–Crippen LogP) is 6.36. The highest BCUT2D eigenvalue weighted by Gasteiger charge is 2.39. The van der Waals surface area contributed by atoms with Gasteiger partial charge < -0.3 is 18.3 Å². The Hall–Kier alpha value is -0.146. The van der Waals surface area contributed by atoms with Gasteiger partial charge in [0, 0.05) is 6.61 Å². The molecule has 0 heterocycles. The Kier molecular flexibility index (Phi) is 11.1. The van der Waals surface area contributed by atoms with Crippen LogP contribution in [0.4, 0.5) is 0 Å². The second-order valence-electron chi connectivity index (χ2n) is 10.4. The monoisotopic (exact) mass is 418 g/mol. The van der Waals surface area contributed by atoms with Crippen molar-refractivity contribution < 1.29 is 18.3 Å². The van der Waals surface area contributed by atoms with Crippen LogP contribution in [0.15, 0.2) is 12.8 Å². The van der Waals surface area contributed by atoms with E-state index in [1.54, 1.807) is 0 Å². The molecule has 0 aliphatic rings. The molecular weight excluding hydrogens is 372 g/mol. The van der Waals surface area contributed by atoms with E-state index in [0.29, 0.717) is 26.4 Å². The van der Waals surface area contributed by atoms with E-state index >= 15 is 0 Å². The molecule has 0 spiro atoms. The molecule has 0 aliphatic carbocycles. The predicted molar refractivity (Wildman–Crippen MR) is 121 cm³/mol. The van der Waals surface area contributed by atoms with Gasteiger partial charge in [-0.25, -0.2) is 0 Å². The minimum absolute atomic E-state index is 0.0198. The topological polar surface area (TPSA) is 36.9 Å². The molecule has 0 saturated heterocycles. The van der Waals surface area contributed by atoms with Crippen molar-refractivity contribution in [3.8, 4) is 0 Å². The molecule has 0 aromatic heterocycles. The second kappa shape index (κ2) is 11.1. The van der Waals surface area contributed by atoms with Gasteiger partial charge in [0.25, 0.3) is 0 Å². The lowest BCUT2D eigenvalue weighted by Crippen LogP contribution is -2.46. The first-order valence-electron chi connectivity index (χ1n) is 10.3. The van der Waals surface area contributed by atoms with Gasteiger partial charge in [-0.1, -0.05) is 48.1 Å². The Morgan fingerprint density at radius 1 is 0.778 bits per heavy atom. The van der Waals surface area contributed by atoms with Gasteiger partial charge in [0.1, 0.15) is 6.10 Å². The third kappa shape index (κ3) is 10.3. The van der Waals surface area contributed by atoms with Gasteiger partial charge in [-0.05, 0) is 49.1 Å². The molecule has 0 unspecified atom stereocenters. The molecule has 0 radical (unpaired) electrons. The zero-order chi connectivity index (χ0) is 21.4. The van der Waals surface area contributed by atoms with Crippen LogP contribution in [0, 0.1) is 0 Å². The lowest BCUT2D eigenvalue weighted by Gasteiger charge is -2.39. The average molecular weight is 419 g/mol. The highest BCUT2D eigenvalue weighted by Crippen LogP contribution is 2.38. The standard InChI is InChI=1S/C21H46O4Si2/c1-12-22-15-13-14-16-23-19(17-24-26(8,9)20(2,3)4)18-25-27(10,11)21(5,6)7/h12,19H,1,13-18H2,2-11H3. The molecule has 0 amide bonds. The van der Waals surface area contributed by atoms with E-state index in [2.05, 4.69) is 74.3 Å². The molecule has 0 aromatic carbocycles. The number of hydrogen-bond donors (Lipinski definition) is 0. The summed E-state index contributed by atoms with van der Waals surface area (Å²) in [6.45, 7) is 28.9. The largest absolute Gasteiger partial charge is 0.502 e. The Labute approximate surface area is 171 Å². The van der Waals surface area contributed by atoms with Crippen LogP contribution in [0.25, 0.3) is 0 Å². The number of hydrogen-bond acceptors (Lipinski definition) is 4. The molecule has 0 atom stereocenters. The van der Waals surface area contributed by atoms with Crippen LogP contribution < -0.4 is 0 Å². The number of unbranched alkanes of at least 4 members (excludes halogenated alkanes) is 1. The fourth-order valence-corrected chi connectivity index (χ4v) is 3.87. The van der Waals surface area contributed by atoms with Crippen LogP contribution in [0.3, 0.4) is 0 Å². The van der Waals surface area contributed by atoms with Crippen molar-refractivity contribution in [2.45, 2.75) is 96.8 Å². The summed E-state index contributed by atoms with van der Waals surface area (Å²) in [7, 11) is -3.60. The fraction of sp³-hybridized carbons (Fsp3) is 0.905. The maximum atomic E-state index is 6.41. The highest BCUT2D eigenvalue weighted by atomic mass is 28.4. The lowest BCUT2D eigenvalue weighted by atomic mass is 10.2. The van der Waals surface area contributed by atoms with Crippen LogP contribution in [0.1, 0.15) is 54.4 Å². The van der Waals surface area contributed by atoms with E-state index < -0.39 is 16.6 Å². The number of ether oxygens (including phenoxy) is 2. The maximum Gasteiger partial charge on any atom is 0.192 e. The Morgan fingerprint density at radius 3 is 1.56 bits per heavy atom. The molecule has 0 bridgehead atoms. The molecule has 162 valence electrons. The molecule has 0 saturated carbocycles. The fourth-order valence-electron chi connectivity index (χ4n) is 1.80. The number of rotatable bonds is 13.